The smallest absolute Gasteiger partial charge is 0.339 e. The molecule has 0 bridgehead atoms. The van der Waals surface area contributed by atoms with Crippen LogP contribution in [0.5, 0.6) is 11.5 Å². The molecule has 22 heavy (non-hydrogen) atoms. The van der Waals surface area contributed by atoms with Crippen LogP contribution in [-0.4, -0.2) is 80.1 Å². The Hall–Kier alpha value is -0.444. The van der Waals surface area contributed by atoms with Crippen molar-refractivity contribution in [1.29, 1.82) is 0 Å². The number of phenols is 1. The molecule has 6 nitrogen and oxygen atoms in total. The molecule has 1 saturated carbocycles. The Morgan fingerprint density at radius 2 is 1.86 bits per heavy atom. The van der Waals surface area contributed by atoms with Gasteiger partial charge in [0.15, 0.2) is 0 Å². The molecule has 0 aromatic heterocycles. The van der Waals surface area contributed by atoms with E-state index in [-0.39, 0.29) is 80.3 Å². The van der Waals surface area contributed by atoms with Gasteiger partial charge in [0.05, 0.1) is 5.92 Å². The number of aromatic carboxylic acids is 1. The predicted molar refractivity (Wildman–Crippen MR) is 81.0 cm³/mol. The summed E-state index contributed by atoms with van der Waals surface area (Å²) in [4.78, 5) is 23.0. The number of benzene rings is 1. The maximum absolute atomic E-state index is 12.1. The predicted octanol–water partition coefficient (Wildman–Crippen LogP) is 1.38. The van der Waals surface area contributed by atoms with E-state index in [1.165, 1.54) is 12.1 Å². The molecular formula is C15H19KNO5. The first-order valence-electron chi connectivity index (χ1n) is 6.99. The zero-order chi connectivity index (χ0) is 15.4. The molecule has 0 unspecified atom stereocenters. The van der Waals surface area contributed by atoms with Crippen LogP contribution in [0.15, 0.2) is 18.2 Å². The molecule has 1 aliphatic carbocycles. The first-order valence-corrected chi connectivity index (χ1v) is 6.99. The number of carbonyl (C=O) groups is 2. The second-order valence-corrected chi connectivity index (χ2v) is 5.36. The van der Waals surface area contributed by atoms with Crippen LogP contribution in [0, 0.1) is 11.8 Å². The van der Waals surface area contributed by atoms with Gasteiger partial charge in [-0.15, -0.1) is 0 Å². The van der Waals surface area contributed by atoms with Gasteiger partial charge in [-0.05, 0) is 56.3 Å². The van der Waals surface area contributed by atoms with Crippen LogP contribution in [0.25, 0.3) is 0 Å². The molecule has 7 heteroatoms. The minimum absolute atomic E-state index is 0. The Bertz CT molecular complexity index is 541. The van der Waals surface area contributed by atoms with Gasteiger partial charge in [-0.25, -0.2) is 4.79 Å². The van der Waals surface area contributed by atoms with Crippen molar-refractivity contribution in [2.75, 3.05) is 6.54 Å². The van der Waals surface area contributed by atoms with Crippen molar-refractivity contribution >= 4 is 63.3 Å². The van der Waals surface area contributed by atoms with E-state index in [0.717, 1.165) is 31.7 Å². The number of hydrogen-bond donors (Lipinski definition) is 3. The van der Waals surface area contributed by atoms with Crippen molar-refractivity contribution in [3.63, 3.8) is 0 Å². The van der Waals surface area contributed by atoms with Gasteiger partial charge in [-0.3, -0.25) is 4.79 Å². The van der Waals surface area contributed by atoms with Crippen LogP contribution in [0.2, 0.25) is 0 Å². The van der Waals surface area contributed by atoms with Gasteiger partial charge in [0, 0.05) is 51.4 Å². The van der Waals surface area contributed by atoms with Crippen molar-refractivity contribution in [1.82, 2.24) is 0 Å². The van der Waals surface area contributed by atoms with Crippen molar-refractivity contribution in [2.24, 2.45) is 17.6 Å². The van der Waals surface area contributed by atoms with Crippen LogP contribution >= 0.6 is 0 Å². The zero-order valence-electron chi connectivity index (χ0n) is 12.6. The summed E-state index contributed by atoms with van der Waals surface area (Å²) in [7, 11) is 0. The Balaban J connectivity index is 0.00000242. The number of aromatic hydroxyl groups is 1. The molecule has 0 spiro atoms. The summed E-state index contributed by atoms with van der Waals surface area (Å²) >= 11 is 0. The van der Waals surface area contributed by atoms with Crippen LogP contribution < -0.4 is 10.5 Å². The minimum Gasteiger partial charge on any atom is -0.507 e. The summed E-state index contributed by atoms with van der Waals surface area (Å²) in [6, 6.07) is 3.74. The molecule has 0 amide bonds. The number of carboxylic acid groups (broad SMARTS) is 1. The maximum atomic E-state index is 12.1. The average Bonchev–Trinajstić information content (AvgIpc) is 2.49. The summed E-state index contributed by atoms with van der Waals surface area (Å²) < 4.78 is 5.22. The van der Waals surface area contributed by atoms with Crippen molar-refractivity contribution < 1.29 is 24.5 Å². The van der Waals surface area contributed by atoms with Crippen molar-refractivity contribution in [3.8, 4) is 11.5 Å². The van der Waals surface area contributed by atoms with Gasteiger partial charge in [0.25, 0.3) is 0 Å². The largest absolute Gasteiger partial charge is 0.507 e. The van der Waals surface area contributed by atoms with Gasteiger partial charge < -0.3 is 20.7 Å². The number of esters is 1. The molecule has 0 atom stereocenters. The Morgan fingerprint density at radius 1 is 1.23 bits per heavy atom. The minimum atomic E-state index is -1.27. The van der Waals surface area contributed by atoms with Gasteiger partial charge in [-0.2, -0.15) is 0 Å². The topological polar surface area (TPSA) is 110 Å². The number of rotatable bonds is 4. The Labute approximate surface area is 171 Å². The van der Waals surface area contributed by atoms with E-state index in [1.807, 2.05) is 0 Å². The summed E-state index contributed by atoms with van der Waals surface area (Å²) in [6.07, 6.45) is 3.30. The standard InChI is InChI=1S/C15H19NO5.K/c16-8-9-1-3-10(4-2-9)15(20)21-11-5-6-13(17)12(7-11)14(18)19;/h5-7,9-10,17H,1-4,8,16H2,(H,18,19);/t9-,10-;. The second-order valence-electron chi connectivity index (χ2n) is 5.36. The third-order valence-corrected chi connectivity index (χ3v) is 3.93. The van der Waals surface area contributed by atoms with Gasteiger partial charge in [0.2, 0.25) is 0 Å². The van der Waals surface area contributed by atoms with Crippen LogP contribution in [0.3, 0.4) is 0 Å². The molecule has 1 aromatic rings. The third-order valence-electron chi connectivity index (χ3n) is 3.93. The number of carboxylic acids is 1. The fourth-order valence-corrected chi connectivity index (χ4v) is 2.58. The maximum Gasteiger partial charge on any atom is 0.339 e. The van der Waals surface area contributed by atoms with E-state index < -0.39 is 5.97 Å². The fraction of sp³-hybridized carbons (Fsp3) is 0.467. The average molecular weight is 332 g/mol. The van der Waals surface area contributed by atoms with E-state index in [2.05, 4.69) is 0 Å². The fourth-order valence-electron chi connectivity index (χ4n) is 2.58. The summed E-state index contributed by atoms with van der Waals surface area (Å²) in [5.41, 5.74) is 5.33. The molecule has 0 aliphatic heterocycles. The molecule has 0 saturated heterocycles. The molecule has 2 rings (SSSR count). The van der Waals surface area contributed by atoms with Crippen molar-refractivity contribution in [3.05, 3.63) is 23.8 Å². The SMILES string of the molecule is NC[C@H]1CC[C@H](C(=O)Oc2ccc(O)c(C(=O)O)c2)CC1.[K]. The molecular weight excluding hydrogens is 313 g/mol. The van der Waals surface area contributed by atoms with E-state index in [9.17, 15) is 14.7 Å². The van der Waals surface area contributed by atoms with E-state index >= 15 is 0 Å². The molecule has 4 N–H and O–H groups in total. The van der Waals surface area contributed by atoms with Crippen LogP contribution in [0.4, 0.5) is 0 Å². The Morgan fingerprint density at radius 3 is 2.41 bits per heavy atom. The Kier molecular flexibility index (Phi) is 8.02. The zero-order valence-corrected chi connectivity index (χ0v) is 15.7. The molecule has 1 radical (unpaired) electrons. The first-order chi connectivity index (χ1) is 10.0. The van der Waals surface area contributed by atoms with Crippen LogP contribution in [0.1, 0.15) is 36.0 Å². The summed E-state index contributed by atoms with van der Waals surface area (Å²) in [5, 5.41) is 18.3. The second kappa shape index (κ2) is 9.00. The number of ether oxygens (including phenoxy) is 1. The summed E-state index contributed by atoms with van der Waals surface area (Å²) in [6.45, 7) is 0.641. The number of carbonyl (C=O) groups excluding carboxylic acids is 1. The third kappa shape index (κ3) is 5.04. The van der Waals surface area contributed by atoms with Gasteiger partial charge in [0.1, 0.15) is 17.1 Å². The molecule has 1 fully saturated rings. The first kappa shape index (κ1) is 19.6. The molecule has 1 aromatic carbocycles. The molecule has 0 heterocycles. The molecule has 115 valence electrons. The van der Waals surface area contributed by atoms with E-state index in [0.29, 0.717) is 12.5 Å². The van der Waals surface area contributed by atoms with Crippen molar-refractivity contribution in [2.45, 2.75) is 25.7 Å². The number of hydrogen-bond acceptors (Lipinski definition) is 5. The monoisotopic (exact) mass is 332 g/mol. The normalized spacial score (nSPS) is 20.8. The summed E-state index contributed by atoms with van der Waals surface area (Å²) in [5.74, 6) is -1.54. The number of nitrogens with two attached hydrogens (primary N) is 1. The quantitative estimate of drug-likeness (QED) is 0.436. The van der Waals surface area contributed by atoms with Crippen LogP contribution in [-0.2, 0) is 4.79 Å². The van der Waals surface area contributed by atoms with Gasteiger partial charge in [-0.1, -0.05) is 0 Å². The molecule has 1 aliphatic rings. The van der Waals surface area contributed by atoms with E-state index in [1.54, 1.807) is 0 Å². The van der Waals surface area contributed by atoms with Gasteiger partial charge >= 0.3 is 11.9 Å². The van der Waals surface area contributed by atoms with E-state index in [4.69, 9.17) is 15.6 Å².